The Hall–Kier alpha value is -1.80. The molecular formula is C17H21NO. The minimum absolute atomic E-state index is 0.150. The molecule has 19 heavy (non-hydrogen) atoms. The number of benzene rings is 2. The topological polar surface area (TPSA) is 35.2 Å². The van der Waals surface area contributed by atoms with E-state index in [4.69, 9.17) is 10.5 Å². The summed E-state index contributed by atoms with van der Waals surface area (Å²) in [5.41, 5.74) is 11.0. The molecule has 0 aliphatic rings. The summed E-state index contributed by atoms with van der Waals surface area (Å²) < 4.78 is 5.69. The van der Waals surface area contributed by atoms with Crippen LogP contribution in [0.1, 0.15) is 35.2 Å². The van der Waals surface area contributed by atoms with Crippen LogP contribution in [0.15, 0.2) is 42.5 Å². The minimum atomic E-state index is -0.150. The molecule has 2 aromatic rings. The Kier molecular flexibility index (Phi) is 4.23. The van der Waals surface area contributed by atoms with Gasteiger partial charge in [-0.15, -0.1) is 0 Å². The van der Waals surface area contributed by atoms with Gasteiger partial charge in [0.1, 0.15) is 5.75 Å². The number of rotatable bonds is 4. The molecule has 0 radical (unpaired) electrons. The van der Waals surface area contributed by atoms with Gasteiger partial charge in [0.2, 0.25) is 0 Å². The first kappa shape index (κ1) is 13.6. The molecular weight excluding hydrogens is 234 g/mol. The molecule has 0 saturated heterocycles. The fraction of sp³-hybridized carbons (Fsp3) is 0.294. The predicted molar refractivity (Wildman–Crippen MR) is 79.6 cm³/mol. The molecule has 0 fully saturated rings. The van der Waals surface area contributed by atoms with Gasteiger partial charge in [-0.2, -0.15) is 0 Å². The zero-order valence-corrected chi connectivity index (χ0v) is 11.8. The molecule has 2 heteroatoms. The SMILES string of the molecule is CCOc1ccc(C)cc1C(N)c1ccccc1C. The van der Waals surface area contributed by atoms with Crippen molar-refractivity contribution in [3.8, 4) is 5.75 Å². The summed E-state index contributed by atoms with van der Waals surface area (Å²) in [5.74, 6) is 0.879. The van der Waals surface area contributed by atoms with Crippen molar-refractivity contribution in [3.05, 3.63) is 64.7 Å². The lowest BCUT2D eigenvalue weighted by molar-refractivity contribution is 0.335. The molecule has 0 saturated carbocycles. The van der Waals surface area contributed by atoms with Gasteiger partial charge in [0.25, 0.3) is 0 Å². The molecule has 2 aromatic carbocycles. The van der Waals surface area contributed by atoms with Gasteiger partial charge in [-0.1, -0.05) is 42.0 Å². The highest BCUT2D eigenvalue weighted by molar-refractivity contribution is 5.45. The monoisotopic (exact) mass is 255 g/mol. The molecule has 0 bridgehead atoms. The van der Waals surface area contributed by atoms with Gasteiger partial charge in [0.15, 0.2) is 0 Å². The molecule has 1 atom stereocenters. The summed E-state index contributed by atoms with van der Waals surface area (Å²) in [6.45, 7) is 6.80. The summed E-state index contributed by atoms with van der Waals surface area (Å²) in [6.07, 6.45) is 0. The summed E-state index contributed by atoms with van der Waals surface area (Å²) in [6, 6.07) is 14.3. The van der Waals surface area contributed by atoms with Crippen LogP contribution in [0.4, 0.5) is 0 Å². The highest BCUT2D eigenvalue weighted by atomic mass is 16.5. The smallest absolute Gasteiger partial charge is 0.124 e. The third-order valence-electron chi connectivity index (χ3n) is 3.32. The summed E-state index contributed by atoms with van der Waals surface area (Å²) >= 11 is 0. The third-order valence-corrected chi connectivity index (χ3v) is 3.32. The molecule has 0 heterocycles. The zero-order valence-electron chi connectivity index (χ0n) is 11.8. The van der Waals surface area contributed by atoms with E-state index in [-0.39, 0.29) is 6.04 Å². The molecule has 0 amide bonds. The number of nitrogens with two attached hydrogens (primary N) is 1. The van der Waals surface area contributed by atoms with E-state index in [0.29, 0.717) is 6.61 Å². The van der Waals surface area contributed by atoms with E-state index in [1.807, 2.05) is 25.1 Å². The van der Waals surface area contributed by atoms with Crippen LogP contribution in [-0.2, 0) is 0 Å². The van der Waals surface area contributed by atoms with E-state index in [2.05, 4.69) is 38.1 Å². The van der Waals surface area contributed by atoms with Gasteiger partial charge >= 0.3 is 0 Å². The minimum Gasteiger partial charge on any atom is -0.494 e. The van der Waals surface area contributed by atoms with Gasteiger partial charge in [0, 0.05) is 5.56 Å². The third kappa shape index (κ3) is 2.96. The normalized spacial score (nSPS) is 12.2. The largest absolute Gasteiger partial charge is 0.494 e. The van der Waals surface area contributed by atoms with Crippen molar-refractivity contribution in [3.63, 3.8) is 0 Å². The van der Waals surface area contributed by atoms with E-state index >= 15 is 0 Å². The number of aryl methyl sites for hydroxylation is 2. The number of ether oxygens (including phenoxy) is 1. The van der Waals surface area contributed by atoms with Crippen LogP contribution < -0.4 is 10.5 Å². The Bertz CT molecular complexity index is 563. The maximum atomic E-state index is 6.44. The van der Waals surface area contributed by atoms with Crippen LogP contribution in [-0.4, -0.2) is 6.61 Å². The van der Waals surface area contributed by atoms with Crippen LogP contribution in [0, 0.1) is 13.8 Å². The van der Waals surface area contributed by atoms with Crippen LogP contribution in [0.3, 0.4) is 0 Å². The average Bonchev–Trinajstić information content (AvgIpc) is 2.41. The second kappa shape index (κ2) is 5.89. The zero-order chi connectivity index (χ0) is 13.8. The van der Waals surface area contributed by atoms with Gasteiger partial charge < -0.3 is 10.5 Å². The molecule has 2 rings (SSSR count). The fourth-order valence-corrected chi connectivity index (χ4v) is 2.30. The van der Waals surface area contributed by atoms with Gasteiger partial charge in [-0.25, -0.2) is 0 Å². The quantitative estimate of drug-likeness (QED) is 0.903. The predicted octanol–water partition coefficient (Wildman–Crippen LogP) is 3.75. The summed E-state index contributed by atoms with van der Waals surface area (Å²) in [4.78, 5) is 0. The molecule has 0 aliphatic carbocycles. The second-order valence-corrected chi connectivity index (χ2v) is 4.81. The Morgan fingerprint density at radius 3 is 2.47 bits per heavy atom. The fourth-order valence-electron chi connectivity index (χ4n) is 2.30. The molecule has 0 spiro atoms. The maximum absolute atomic E-state index is 6.44. The van der Waals surface area contributed by atoms with Crippen molar-refractivity contribution in [2.24, 2.45) is 5.73 Å². The lowest BCUT2D eigenvalue weighted by Gasteiger charge is -2.19. The molecule has 2 N–H and O–H groups in total. The highest BCUT2D eigenvalue weighted by Gasteiger charge is 2.15. The van der Waals surface area contributed by atoms with E-state index < -0.39 is 0 Å². The maximum Gasteiger partial charge on any atom is 0.124 e. The standard InChI is InChI=1S/C17H21NO/c1-4-19-16-10-9-12(2)11-15(16)17(18)14-8-6-5-7-13(14)3/h5-11,17H,4,18H2,1-3H3. The van der Waals surface area contributed by atoms with E-state index in [1.54, 1.807) is 0 Å². The van der Waals surface area contributed by atoms with Crippen LogP contribution in [0.2, 0.25) is 0 Å². The molecule has 0 aliphatic heterocycles. The van der Waals surface area contributed by atoms with E-state index in [0.717, 1.165) is 16.9 Å². The lowest BCUT2D eigenvalue weighted by Crippen LogP contribution is -2.15. The van der Waals surface area contributed by atoms with Crippen LogP contribution >= 0.6 is 0 Å². The van der Waals surface area contributed by atoms with Crippen molar-refractivity contribution in [2.75, 3.05) is 6.61 Å². The first-order valence-electron chi connectivity index (χ1n) is 6.68. The lowest BCUT2D eigenvalue weighted by atomic mass is 9.94. The van der Waals surface area contributed by atoms with Crippen LogP contribution in [0.25, 0.3) is 0 Å². The van der Waals surface area contributed by atoms with Crippen molar-refractivity contribution in [1.82, 2.24) is 0 Å². The Morgan fingerprint density at radius 2 is 1.79 bits per heavy atom. The van der Waals surface area contributed by atoms with Crippen molar-refractivity contribution in [2.45, 2.75) is 26.8 Å². The summed E-state index contributed by atoms with van der Waals surface area (Å²) in [7, 11) is 0. The average molecular weight is 255 g/mol. The van der Waals surface area contributed by atoms with E-state index in [9.17, 15) is 0 Å². The molecule has 1 unspecified atom stereocenters. The molecule has 0 aromatic heterocycles. The van der Waals surface area contributed by atoms with Crippen LogP contribution in [0.5, 0.6) is 5.75 Å². The van der Waals surface area contributed by atoms with Crippen molar-refractivity contribution in [1.29, 1.82) is 0 Å². The Morgan fingerprint density at radius 1 is 1.05 bits per heavy atom. The van der Waals surface area contributed by atoms with E-state index in [1.165, 1.54) is 11.1 Å². The van der Waals surface area contributed by atoms with Gasteiger partial charge in [-0.3, -0.25) is 0 Å². The first-order chi connectivity index (χ1) is 9.13. The number of hydrogen-bond donors (Lipinski definition) is 1. The van der Waals surface area contributed by atoms with Gasteiger partial charge in [-0.05, 0) is 38.0 Å². The number of hydrogen-bond acceptors (Lipinski definition) is 2. The Balaban J connectivity index is 2.45. The molecule has 100 valence electrons. The Labute approximate surface area is 115 Å². The summed E-state index contributed by atoms with van der Waals surface area (Å²) in [5, 5.41) is 0. The molecule has 2 nitrogen and oxygen atoms in total. The van der Waals surface area contributed by atoms with Crippen molar-refractivity contribution >= 4 is 0 Å². The highest BCUT2D eigenvalue weighted by Crippen LogP contribution is 2.30. The van der Waals surface area contributed by atoms with Gasteiger partial charge in [0.05, 0.1) is 12.6 Å². The second-order valence-electron chi connectivity index (χ2n) is 4.81. The van der Waals surface area contributed by atoms with Crippen molar-refractivity contribution < 1.29 is 4.74 Å². The first-order valence-corrected chi connectivity index (χ1v) is 6.68.